The van der Waals surface area contributed by atoms with Gasteiger partial charge in [-0.2, -0.15) is 0 Å². The third kappa shape index (κ3) is 11.1. The van der Waals surface area contributed by atoms with Crippen molar-refractivity contribution in [2.75, 3.05) is 0 Å². The van der Waals surface area contributed by atoms with Crippen molar-refractivity contribution in [2.45, 2.75) is 0 Å². The van der Waals surface area contributed by atoms with Gasteiger partial charge in [0.2, 0.25) is 0 Å². The molecule has 0 aromatic heterocycles. The zero-order valence-corrected chi connectivity index (χ0v) is 4.44. The van der Waals surface area contributed by atoms with Crippen molar-refractivity contribution in [3.8, 4) is 0 Å². The van der Waals surface area contributed by atoms with Gasteiger partial charge >= 0.3 is 37.7 Å². The van der Waals surface area contributed by atoms with E-state index in [4.69, 9.17) is 5.21 Å². The molecule has 0 spiro atoms. The Morgan fingerprint density at radius 2 is 1.50 bits per heavy atom. The van der Waals surface area contributed by atoms with Crippen molar-refractivity contribution >= 4 is 37.7 Å². The zero-order chi connectivity index (χ0) is 2.00. The molecule has 0 aliphatic carbocycles. The second-order valence-corrected chi connectivity index (χ2v) is 0. The second kappa shape index (κ2) is 31.4. The Bertz CT molecular complexity index is 11.5. The minimum Gasteiger partial charge on any atom is -1.00 e. The Balaban J connectivity index is -0.000000000833. The van der Waals surface area contributed by atoms with Gasteiger partial charge in [-0.25, -0.2) is 5.90 Å². The van der Waals surface area contributed by atoms with Gasteiger partial charge in [0, 0.05) is 0 Å². The van der Waals surface area contributed by atoms with Crippen molar-refractivity contribution in [3.05, 3.63) is 0 Å². The van der Waals surface area contributed by atoms with Crippen LogP contribution in [0.5, 0.6) is 0 Å². The van der Waals surface area contributed by atoms with Gasteiger partial charge < -0.3 is 13.5 Å². The first-order chi connectivity index (χ1) is 1.00. The minimum atomic E-state index is 0. The van der Waals surface area contributed by atoms with E-state index in [9.17, 15) is 0 Å². The topological polar surface area (TPSA) is 77.8 Å². The second-order valence-electron chi connectivity index (χ2n) is 0. The number of nitrogens with two attached hydrogens (primary N) is 1. The van der Waals surface area contributed by atoms with Gasteiger partial charge in [-0.1, -0.05) is 0 Å². The van der Waals surface area contributed by atoms with Crippen LogP contribution in [0.4, 0.5) is 0 Å². The van der Waals surface area contributed by atoms with Crippen LogP contribution in [0.25, 0.3) is 0 Å². The van der Waals surface area contributed by atoms with Crippen molar-refractivity contribution < 1.29 is 13.5 Å². The van der Waals surface area contributed by atoms with Crippen LogP contribution in [-0.2, 0) is 0 Å². The largest absolute Gasteiger partial charge is 2.00 e. The third-order valence-corrected chi connectivity index (χ3v) is 0. The smallest absolute Gasteiger partial charge is 1.00 e. The van der Waals surface area contributed by atoms with E-state index in [-0.39, 0.29) is 46.1 Å². The van der Waals surface area contributed by atoms with Crippen LogP contribution in [-0.4, -0.2) is 48.4 Å². The molecule has 4 heavy (non-hydrogen) atoms. The molecule has 0 saturated heterocycles. The molecule has 0 saturated carbocycles. The summed E-state index contributed by atoms with van der Waals surface area (Å²) < 4.78 is 0. The quantitative estimate of drug-likeness (QED) is 0.278. The van der Waals surface area contributed by atoms with Gasteiger partial charge in [0.15, 0.2) is 0 Å². The van der Waals surface area contributed by atoms with Crippen LogP contribution < -0.4 is 5.90 Å². The number of hydrogen-bond acceptors (Lipinski definition) is 2. The van der Waals surface area contributed by atoms with E-state index >= 15 is 0 Å². The van der Waals surface area contributed by atoms with Crippen molar-refractivity contribution in [2.24, 2.45) is 5.90 Å². The zero-order valence-electron chi connectivity index (χ0n) is 4.23. The summed E-state index contributed by atoms with van der Waals surface area (Å²) in [7, 11) is 0. The molecule has 0 atom stereocenters. The molecule has 4 heteroatoms. The van der Waals surface area contributed by atoms with Gasteiger partial charge in [0.05, 0.1) is 0 Å². The van der Waals surface area contributed by atoms with Gasteiger partial charge in [-0.3, -0.25) is 0 Å². The first-order valence-electron chi connectivity index (χ1n) is 0.258. The predicted molar refractivity (Wildman–Crippen MR) is 17.6 cm³/mol. The summed E-state index contributed by atoms with van der Waals surface area (Å²) in [6.07, 6.45) is 0. The summed E-state index contributed by atoms with van der Waals surface area (Å²) in [5.41, 5.74) is 0. The summed E-state index contributed by atoms with van der Waals surface area (Å²) in [5.74, 6) is 3.50. The SMILES string of the molecule is NO.O.[Ca+2].[H-].[H-]. The van der Waals surface area contributed by atoms with E-state index in [0.717, 1.165) is 0 Å². The van der Waals surface area contributed by atoms with Crippen molar-refractivity contribution in [3.63, 3.8) is 0 Å². The van der Waals surface area contributed by atoms with E-state index in [1.807, 2.05) is 0 Å². The van der Waals surface area contributed by atoms with Gasteiger partial charge in [0.1, 0.15) is 0 Å². The Hall–Kier alpha value is 1.14. The van der Waals surface area contributed by atoms with Crippen LogP contribution >= 0.6 is 0 Å². The van der Waals surface area contributed by atoms with E-state index in [2.05, 4.69) is 5.90 Å². The first kappa shape index (κ1) is 19.2. The fourth-order valence-corrected chi connectivity index (χ4v) is 0. The van der Waals surface area contributed by atoms with Crippen LogP contribution in [0, 0.1) is 0 Å². The van der Waals surface area contributed by atoms with Crippen LogP contribution in [0.2, 0.25) is 0 Å². The Labute approximate surface area is 57.0 Å². The molecule has 26 valence electrons. The summed E-state index contributed by atoms with van der Waals surface area (Å²) >= 11 is 0. The fraction of sp³-hybridized carbons (Fsp3) is 0. The Morgan fingerprint density at radius 3 is 1.50 bits per heavy atom. The van der Waals surface area contributed by atoms with Crippen molar-refractivity contribution in [1.29, 1.82) is 0 Å². The summed E-state index contributed by atoms with van der Waals surface area (Å²) in [4.78, 5) is 0. The maximum Gasteiger partial charge on any atom is 2.00 e. The molecular weight excluding hydrogens is 86.1 g/mol. The van der Waals surface area contributed by atoms with Crippen LogP contribution in [0.1, 0.15) is 2.85 Å². The molecule has 3 nitrogen and oxygen atoms in total. The summed E-state index contributed by atoms with van der Waals surface area (Å²) in [6.45, 7) is 0. The molecule has 5 N–H and O–H groups in total. The normalized spacial score (nSPS) is 1.50. The van der Waals surface area contributed by atoms with E-state index < -0.39 is 0 Å². The minimum absolute atomic E-state index is 0. The maximum atomic E-state index is 6.50. The predicted octanol–water partition coefficient (Wildman–Crippen LogP) is -1.65. The molecule has 0 aromatic rings. The molecule has 0 bridgehead atoms. The van der Waals surface area contributed by atoms with E-state index in [1.165, 1.54) is 0 Å². The molecule has 0 unspecified atom stereocenters. The molecular formula is H7CaNO2. The van der Waals surface area contributed by atoms with Gasteiger partial charge in [0.25, 0.3) is 0 Å². The standard InChI is InChI=1S/Ca.H3NO.H2O.2H/c;1-2;;;/h;2H,1H2;1H2;;/q+2;;;2*-1. The monoisotopic (exact) mass is 93.0 g/mol. The molecule has 0 aliphatic heterocycles. The summed E-state index contributed by atoms with van der Waals surface area (Å²) in [5, 5.41) is 6.50. The van der Waals surface area contributed by atoms with Gasteiger partial charge in [-0.05, 0) is 0 Å². The Morgan fingerprint density at radius 1 is 1.50 bits per heavy atom. The molecule has 0 radical (unpaired) electrons. The number of hydrogen-bond donors (Lipinski definition) is 2. The molecule has 0 aromatic carbocycles. The number of rotatable bonds is 0. The van der Waals surface area contributed by atoms with Crippen LogP contribution in [0.15, 0.2) is 0 Å². The first-order valence-corrected chi connectivity index (χ1v) is 0.258. The molecule has 0 heterocycles. The average molecular weight is 93.1 g/mol. The molecule has 0 rings (SSSR count). The van der Waals surface area contributed by atoms with Crippen molar-refractivity contribution in [1.82, 2.24) is 0 Å². The summed E-state index contributed by atoms with van der Waals surface area (Å²) in [6, 6.07) is 0. The molecule has 0 fully saturated rings. The maximum absolute atomic E-state index is 6.50. The van der Waals surface area contributed by atoms with E-state index in [1.54, 1.807) is 0 Å². The van der Waals surface area contributed by atoms with Crippen LogP contribution in [0.3, 0.4) is 0 Å². The third-order valence-electron chi connectivity index (χ3n) is 0. The van der Waals surface area contributed by atoms with Gasteiger partial charge in [-0.15, -0.1) is 0 Å². The Kier molecular flexibility index (Phi) is 151. The van der Waals surface area contributed by atoms with E-state index in [0.29, 0.717) is 0 Å². The molecule has 0 amide bonds. The average Bonchev–Trinajstić information content (AvgIpc) is 1.00. The molecule has 0 aliphatic rings. The fourth-order valence-electron chi connectivity index (χ4n) is 0.